The third-order valence-electron chi connectivity index (χ3n) is 4.11. The predicted octanol–water partition coefficient (Wildman–Crippen LogP) is 4.90. The van der Waals surface area contributed by atoms with Crippen molar-refractivity contribution in [3.63, 3.8) is 0 Å². The lowest BCUT2D eigenvalue weighted by atomic mass is 10.2. The molecule has 0 fully saturated rings. The van der Waals surface area contributed by atoms with Gasteiger partial charge >= 0.3 is 6.18 Å². The van der Waals surface area contributed by atoms with Crippen molar-refractivity contribution < 1.29 is 18.0 Å². The molecule has 0 saturated carbocycles. The summed E-state index contributed by atoms with van der Waals surface area (Å²) in [4.78, 5) is 12.2. The first kappa shape index (κ1) is 21.4. The molecule has 11 heteroatoms. The Balaban J connectivity index is 1.61. The lowest BCUT2D eigenvalue weighted by Gasteiger charge is -2.09. The first-order valence-electron chi connectivity index (χ1n) is 8.50. The van der Waals surface area contributed by atoms with Crippen LogP contribution in [0.2, 0.25) is 5.02 Å². The van der Waals surface area contributed by atoms with Gasteiger partial charge in [0.25, 0.3) is 0 Å². The second-order valence-corrected chi connectivity index (χ2v) is 7.55. The second kappa shape index (κ2) is 8.58. The highest BCUT2D eigenvalue weighted by atomic mass is 79.9. The van der Waals surface area contributed by atoms with Crippen LogP contribution in [-0.4, -0.2) is 25.5 Å². The van der Waals surface area contributed by atoms with Crippen molar-refractivity contribution >= 4 is 39.1 Å². The van der Waals surface area contributed by atoms with Gasteiger partial charge in [-0.2, -0.15) is 23.4 Å². The standard InChI is InChI=1S/C18H16BrClF3N5O/c1-11-16(19)17(18(21,22)23)26-28(11)6-5-15(29)25-14-4-2-3-12(7-14)9-27-10-13(20)8-24-27/h2-4,7-8,10H,5-6,9H2,1H3,(H,25,29). The van der Waals surface area contributed by atoms with Crippen molar-refractivity contribution in [1.29, 1.82) is 0 Å². The van der Waals surface area contributed by atoms with Gasteiger partial charge in [-0.1, -0.05) is 23.7 Å². The lowest BCUT2D eigenvalue weighted by molar-refractivity contribution is -0.142. The number of aromatic nitrogens is 4. The largest absolute Gasteiger partial charge is 0.436 e. The molecule has 0 unspecified atom stereocenters. The Morgan fingerprint density at radius 3 is 2.72 bits per heavy atom. The molecule has 0 atom stereocenters. The van der Waals surface area contributed by atoms with Crippen LogP contribution in [-0.2, 0) is 24.1 Å². The van der Waals surface area contributed by atoms with E-state index in [1.165, 1.54) is 17.8 Å². The molecule has 1 N–H and O–H groups in total. The van der Waals surface area contributed by atoms with E-state index < -0.39 is 11.9 Å². The van der Waals surface area contributed by atoms with Crippen molar-refractivity contribution in [2.24, 2.45) is 0 Å². The fourth-order valence-corrected chi connectivity index (χ4v) is 3.38. The smallest absolute Gasteiger partial charge is 0.326 e. The van der Waals surface area contributed by atoms with Crippen LogP contribution in [0.15, 0.2) is 41.1 Å². The minimum atomic E-state index is -4.56. The van der Waals surface area contributed by atoms with Gasteiger partial charge in [-0.05, 0) is 40.5 Å². The molecule has 0 aliphatic heterocycles. The number of rotatable bonds is 6. The maximum Gasteiger partial charge on any atom is 0.436 e. The van der Waals surface area contributed by atoms with Crippen LogP contribution in [0.25, 0.3) is 0 Å². The van der Waals surface area contributed by atoms with Gasteiger partial charge in [0.2, 0.25) is 5.91 Å². The molecule has 0 aliphatic rings. The molecule has 0 radical (unpaired) electrons. The highest BCUT2D eigenvalue weighted by molar-refractivity contribution is 9.10. The number of nitrogens with one attached hydrogen (secondary N) is 1. The summed E-state index contributed by atoms with van der Waals surface area (Å²) in [7, 11) is 0. The maximum atomic E-state index is 12.9. The fraction of sp³-hybridized carbons (Fsp3) is 0.278. The number of carbonyl (C=O) groups excluding carboxylic acids is 1. The SMILES string of the molecule is Cc1c(Br)c(C(F)(F)F)nn1CCC(=O)Nc1cccc(Cn2cc(Cl)cn2)c1. The Labute approximate surface area is 177 Å². The summed E-state index contributed by atoms with van der Waals surface area (Å²) in [6.07, 6.45) is -1.36. The van der Waals surface area contributed by atoms with E-state index in [9.17, 15) is 18.0 Å². The zero-order valence-electron chi connectivity index (χ0n) is 15.2. The number of nitrogens with zero attached hydrogens (tertiary/aromatic N) is 4. The number of alkyl halides is 3. The summed E-state index contributed by atoms with van der Waals surface area (Å²) in [5, 5.41) is 10.9. The number of benzene rings is 1. The van der Waals surface area contributed by atoms with E-state index in [-0.39, 0.29) is 23.3 Å². The number of halogens is 5. The van der Waals surface area contributed by atoms with E-state index in [1.807, 2.05) is 6.07 Å². The number of anilines is 1. The molecule has 6 nitrogen and oxygen atoms in total. The number of hydrogen-bond acceptors (Lipinski definition) is 3. The van der Waals surface area contributed by atoms with Crippen LogP contribution in [0.5, 0.6) is 0 Å². The number of aryl methyl sites for hydroxylation is 1. The Kier molecular flexibility index (Phi) is 6.33. The molecule has 0 saturated heterocycles. The molecule has 2 heterocycles. The summed E-state index contributed by atoms with van der Waals surface area (Å²) in [6, 6.07) is 7.20. The highest BCUT2D eigenvalue weighted by Gasteiger charge is 2.37. The van der Waals surface area contributed by atoms with Crippen LogP contribution in [0.1, 0.15) is 23.4 Å². The lowest BCUT2D eigenvalue weighted by Crippen LogP contribution is -2.16. The highest BCUT2D eigenvalue weighted by Crippen LogP contribution is 2.35. The number of hydrogen-bond donors (Lipinski definition) is 1. The quantitative estimate of drug-likeness (QED) is 0.535. The van der Waals surface area contributed by atoms with Gasteiger partial charge in [-0.15, -0.1) is 0 Å². The first-order chi connectivity index (χ1) is 13.6. The molecule has 3 aromatic rings. The third kappa shape index (κ3) is 5.39. The normalized spacial score (nSPS) is 11.7. The zero-order valence-corrected chi connectivity index (χ0v) is 17.5. The number of amides is 1. The van der Waals surface area contributed by atoms with Gasteiger partial charge in [0, 0.05) is 18.3 Å². The topological polar surface area (TPSA) is 64.7 Å². The molecule has 0 bridgehead atoms. The summed E-state index contributed by atoms with van der Waals surface area (Å²) in [5.41, 5.74) is 0.802. The Bertz CT molecular complexity index is 1030. The molecule has 1 aromatic carbocycles. The molecule has 0 spiro atoms. The van der Waals surface area contributed by atoms with Crippen molar-refractivity contribution in [3.05, 3.63) is 63.1 Å². The fourth-order valence-electron chi connectivity index (χ4n) is 2.71. The predicted molar refractivity (Wildman–Crippen MR) is 106 cm³/mol. The van der Waals surface area contributed by atoms with Crippen molar-refractivity contribution in [3.8, 4) is 0 Å². The average Bonchev–Trinajstić information content (AvgIpc) is 3.17. The molecule has 2 aromatic heterocycles. The summed E-state index contributed by atoms with van der Waals surface area (Å²) in [5.74, 6) is -0.330. The van der Waals surface area contributed by atoms with Crippen molar-refractivity contribution in [1.82, 2.24) is 19.6 Å². The minimum absolute atomic E-state index is 0.0226. The van der Waals surface area contributed by atoms with Crippen LogP contribution in [0.4, 0.5) is 18.9 Å². The van der Waals surface area contributed by atoms with Gasteiger partial charge in [0.1, 0.15) is 0 Å². The van der Waals surface area contributed by atoms with Gasteiger partial charge in [0.05, 0.1) is 34.5 Å². The first-order valence-corrected chi connectivity index (χ1v) is 9.67. The minimum Gasteiger partial charge on any atom is -0.326 e. The summed E-state index contributed by atoms with van der Waals surface area (Å²) < 4.78 is 41.5. The van der Waals surface area contributed by atoms with Crippen molar-refractivity contribution in [2.45, 2.75) is 32.6 Å². The molecule has 29 heavy (non-hydrogen) atoms. The van der Waals surface area contributed by atoms with E-state index in [0.717, 1.165) is 5.56 Å². The van der Waals surface area contributed by atoms with E-state index >= 15 is 0 Å². The zero-order chi connectivity index (χ0) is 21.2. The van der Waals surface area contributed by atoms with Crippen LogP contribution in [0.3, 0.4) is 0 Å². The van der Waals surface area contributed by atoms with E-state index in [0.29, 0.717) is 22.9 Å². The second-order valence-electron chi connectivity index (χ2n) is 6.32. The third-order valence-corrected chi connectivity index (χ3v) is 5.25. The van der Waals surface area contributed by atoms with E-state index in [2.05, 4.69) is 31.4 Å². The monoisotopic (exact) mass is 489 g/mol. The van der Waals surface area contributed by atoms with Gasteiger partial charge in [0.15, 0.2) is 5.69 Å². The Morgan fingerprint density at radius 2 is 2.10 bits per heavy atom. The molecule has 154 valence electrons. The van der Waals surface area contributed by atoms with Crippen LogP contribution in [0, 0.1) is 6.92 Å². The summed E-state index contributed by atoms with van der Waals surface area (Å²) in [6.45, 7) is 2.02. The average molecular weight is 491 g/mol. The summed E-state index contributed by atoms with van der Waals surface area (Å²) >= 11 is 8.76. The van der Waals surface area contributed by atoms with E-state index in [4.69, 9.17) is 11.6 Å². The molecule has 1 amide bonds. The van der Waals surface area contributed by atoms with E-state index in [1.54, 1.807) is 29.1 Å². The van der Waals surface area contributed by atoms with Crippen LogP contribution < -0.4 is 5.32 Å². The van der Waals surface area contributed by atoms with Crippen molar-refractivity contribution in [2.75, 3.05) is 5.32 Å². The van der Waals surface area contributed by atoms with Gasteiger partial charge in [-0.25, -0.2) is 0 Å². The number of carbonyl (C=O) groups is 1. The van der Waals surface area contributed by atoms with Gasteiger partial charge < -0.3 is 5.32 Å². The molecule has 3 rings (SSSR count). The molecule has 0 aliphatic carbocycles. The van der Waals surface area contributed by atoms with Crippen LogP contribution >= 0.6 is 27.5 Å². The Morgan fingerprint density at radius 1 is 1.34 bits per heavy atom. The molecular weight excluding hydrogens is 475 g/mol. The molecular formula is C18H16BrClF3N5O. The maximum absolute atomic E-state index is 12.9. The van der Waals surface area contributed by atoms with Gasteiger partial charge in [-0.3, -0.25) is 14.2 Å². The Hall–Kier alpha value is -2.33.